The van der Waals surface area contributed by atoms with Gasteiger partial charge in [0.15, 0.2) is 0 Å². The maximum Gasteiger partial charge on any atom is 0.260 e. The Morgan fingerprint density at radius 2 is 1.05 bits per heavy atom. The number of carbonyl (C=O) groups is 2. The van der Waals surface area contributed by atoms with E-state index in [4.69, 9.17) is 37.9 Å². The zero-order valence-corrected chi connectivity index (χ0v) is 24.7. The van der Waals surface area contributed by atoms with Gasteiger partial charge in [-0.1, -0.05) is 18.2 Å². The third-order valence-electron chi connectivity index (χ3n) is 6.69. The van der Waals surface area contributed by atoms with Gasteiger partial charge in [0.05, 0.1) is 34.2 Å². The molecule has 0 aliphatic rings. The molecule has 0 bridgehead atoms. The minimum Gasteiger partial charge on any atom is -0.397 e. The standard InChI is InChI=1S/C29H19N7O2S4/c30-22-20-12(18-6-2-8-39-18)10-16(35-28(20)41-24(22)26(32)37)14-4-1-5-15(34-14)17-11-13(19-7-3-9-40-19)21-23(31)25(27(33)38)42-29(21)36-17/h1-11H,30-31H2,(H2,32,37)(H2,33,38). The van der Waals surface area contributed by atoms with Crippen molar-refractivity contribution in [1.82, 2.24) is 15.0 Å². The molecule has 206 valence electrons. The number of nitrogen functional groups attached to an aromatic ring is 2. The summed E-state index contributed by atoms with van der Waals surface area (Å²) in [6.45, 7) is 0. The number of anilines is 2. The first-order chi connectivity index (χ1) is 20.3. The molecule has 0 aliphatic carbocycles. The Hall–Kier alpha value is -4.69. The maximum atomic E-state index is 12.1. The second-order valence-corrected chi connectivity index (χ2v) is 13.1. The van der Waals surface area contributed by atoms with Gasteiger partial charge in [0, 0.05) is 31.7 Å². The van der Waals surface area contributed by atoms with Crippen LogP contribution < -0.4 is 22.9 Å². The molecule has 0 saturated heterocycles. The predicted octanol–water partition coefficient (Wildman–Crippen LogP) is 6.45. The van der Waals surface area contributed by atoms with E-state index in [9.17, 15) is 9.59 Å². The Morgan fingerprint density at radius 3 is 1.43 bits per heavy atom. The Labute approximate surface area is 254 Å². The van der Waals surface area contributed by atoms with Crippen molar-refractivity contribution >= 4 is 89.0 Å². The van der Waals surface area contributed by atoms with Crippen LogP contribution in [0.1, 0.15) is 19.3 Å². The Kier molecular flexibility index (Phi) is 6.24. The van der Waals surface area contributed by atoms with Gasteiger partial charge in [-0.15, -0.1) is 45.3 Å². The lowest BCUT2D eigenvalue weighted by Crippen LogP contribution is -2.10. The van der Waals surface area contributed by atoms with Crippen LogP contribution in [0, 0.1) is 0 Å². The highest BCUT2D eigenvalue weighted by Gasteiger charge is 2.23. The first-order valence-electron chi connectivity index (χ1n) is 12.4. The number of fused-ring (bicyclic) bond motifs is 2. The fourth-order valence-corrected chi connectivity index (χ4v) is 8.28. The van der Waals surface area contributed by atoms with Crippen molar-refractivity contribution in [2.75, 3.05) is 11.5 Å². The summed E-state index contributed by atoms with van der Waals surface area (Å²) in [4.78, 5) is 42.5. The number of pyridine rings is 3. The van der Waals surface area contributed by atoms with Crippen LogP contribution in [0.5, 0.6) is 0 Å². The fraction of sp³-hybridized carbons (Fsp3) is 0. The van der Waals surface area contributed by atoms with Gasteiger partial charge >= 0.3 is 0 Å². The summed E-state index contributed by atoms with van der Waals surface area (Å²) in [5.74, 6) is -1.18. The average molecular weight is 626 g/mol. The van der Waals surface area contributed by atoms with Crippen LogP contribution in [-0.4, -0.2) is 26.8 Å². The number of thiophene rings is 4. The molecule has 7 rings (SSSR count). The predicted molar refractivity (Wildman–Crippen MR) is 174 cm³/mol. The van der Waals surface area contributed by atoms with E-state index in [1.54, 1.807) is 22.7 Å². The first-order valence-corrected chi connectivity index (χ1v) is 15.8. The van der Waals surface area contributed by atoms with E-state index in [1.807, 2.05) is 65.4 Å². The summed E-state index contributed by atoms with van der Waals surface area (Å²) in [6.07, 6.45) is 0. The molecule has 0 aliphatic heterocycles. The number of carbonyl (C=O) groups excluding carboxylic acids is 2. The molecular weight excluding hydrogens is 607 g/mol. The second kappa shape index (κ2) is 9.99. The molecule has 7 aromatic rings. The molecule has 0 unspecified atom stereocenters. The van der Waals surface area contributed by atoms with Crippen LogP contribution in [-0.2, 0) is 0 Å². The van der Waals surface area contributed by atoms with Crippen molar-refractivity contribution < 1.29 is 9.59 Å². The molecule has 9 nitrogen and oxygen atoms in total. The van der Waals surface area contributed by atoms with E-state index in [0.29, 0.717) is 54.6 Å². The number of rotatable bonds is 6. The van der Waals surface area contributed by atoms with Gasteiger partial charge in [-0.2, -0.15) is 0 Å². The molecule has 8 N–H and O–H groups in total. The molecule has 2 amide bonds. The fourth-order valence-electron chi connectivity index (χ4n) is 4.84. The number of hydrogen-bond donors (Lipinski definition) is 4. The van der Waals surface area contributed by atoms with Crippen molar-refractivity contribution in [1.29, 1.82) is 0 Å². The molecule has 7 heterocycles. The highest BCUT2D eigenvalue weighted by Crippen LogP contribution is 2.44. The molecule has 0 saturated carbocycles. The SMILES string of the molecule is NC(=O)c1sc2nc(-c3cccc(-c4cc(-c5cccs5)c5c(N)c(C(N)=O)sc5n4)n3)cc(-c3cccs3)c2c1N. The Balaban J connectivity index is 1.42. The quantitative estimate of drug-likeness (QED) is 0.164. The van der Waals surface area contributed by atoms with Crippen molar-refractivity contribution in [3.63, 3.8) is 0 Å². The van der Waals surface area contributed by atoms with Gasteiger partial charge in [-0.25, -0.2) is 15.0 Å². The first kappa shape index (κ1) is 26.2. The number of primary amides is 2. The zero-order chi connectivity index (χ0) is 29.1. The van der Waals surface area contributed by atoms with Crippen LogP contribution >= 0.6 is 45.3 Å². The van der Waals surface area contributed by atoms with Gasteiger partial charge < -0.3 is 22.9 Å². The minimum absolute atomic E-state index is 0.276. The lowest BCUT2D eigenvalue weighted by Gasteiger charge is -2.09. The highest BCUT2D eigenvalue weighted by molar-refractivity contribution is 7.22. The van der Waals surface area contributed by atoms with Crippen LogP contribution in [0.15, 0.2) is 65.4 Å². The van der Waals surface area contributed by atoms with Gasteiger partial charge in [0.1, 0.15) is 19.4 Å². The zero-order valence-electron chi connectivity index (χ0n) is 21.5. The summed E-state index contributed by atoms with van der Waals surface area (Å²) in [7, 11) is 0. The van der Waals surface area contributed by atoms with E-state index >= 15 is 0 Å². The third kappa shape index (κ3) is 4.21. The summed E-state index contributed by atoms with van der Waals surface area (Å²) in [5, 5.41) is 5.35. The summed E-state index contributed by atoms with van der Waals surface area (Å²) in [5.41, 5.74) is 28.8. The van der Waals surface area contributed by atoms with Gasteiger partial charge in [0.25, 0.3) is 11.8 Å². The van der Waals surface area contributed by atoms with Crippen molar-refractivity contribution in [2.45, 2.75) is 0 Å². The van der Waals surface area contributed by atoms with Crippen LogP contribution in [0.2, 0.25) is 0 Å². The summed E-state index contributed by atoms with van der Waals surface area (Å²) >= 11 is 5.46. The lowest BCUT2D eigenvalue weighted by atomic mass is 10.1. The van der Waals surface area contributed by atoms with Crippen LogP contribution in [0.3, 0.4) is 0 Å². The minimum atomic E-state index is -0.592. The van der Waals surface area contributed by atoms with Gasteiger partial charge in [0.2, 0.25) is 0 Å². The molecule has 0 radical (unpaired) electrons. The second-order valence-electron chi connectivity index (χ2n) is 9.25. The average Bonchev–Trinajstić information content (AvgIpc) is 3.79. The number of hydrogen-bond acceptors (Lipinski definition) is 11. The Bertz CT molecular complexity index is 2030. The van der Waals surface area contributed by atoms with Crippen molar-refractivity contribution in [3.05, 3.63) is 75.1 Å². The normalized spacial score (nSPS) is 11.4. The summed E-state index contributed by atoms with van der Waals surface area (Å²) in [6, 6.07) is 17.4. The molecule has 0 spiro atoms. The van der Waals surface area contributed by atoms with Crippen molar-refractivity contribution in [2.24, 2.45) is 11.5 Å². The number of nitrogens with two attached hydrogens (primary N) is 4. The summed E-state index contributed by atoms with van der Waals surface area (Å²) < 4.78 is 0. The van der Waals surface area contributed by atoms with E-state index in [1.165, 1.54) is 22.7 Å². The highest BCUT2D eigenvalue weighted by atomic mass is 32.1. The van der Waals surface area contributed by atoms with Gasteiger partial charge in [-0.3, -0.25) is 9.59 Å². The molecule has 0 fully saturated rings. The Morgan fingerprint density at radius 1 is 0.595 bits per heavy atom. The van der Waals surface area contributed by atoms with E-state index in [-0.39, 0.29) is 9.75 Å². The molecule has 42 heavy (non-hydrogen) atoms. The van der Waals surface area contributed by atoms with Gasteiger partial charge in [-0.05, 0) is 47.2 Å². The van der Waals surface area contributed by atoms with Crippen molar-refractivity contribution in [3.8, 4) is 43.7 Å². The smallest absolute Gasteiger partial charge is 0.260 e. The van der Waals surface area contributed by atoms with E-state index in [0.717, 1.165) is 20.9 Å². The lowest BCUT2D eigenvalue weighted by molar-refractivity contribution is 0.0996. The number of nitrogens with zero attached hydrogens (tertiary/aromatic N) is 3. The number of aromatic nitrogens is 3. The van der Waals surface area contributed by atoms with E-state index < -0.39 is 11.8 Å². The molecule has 0 aromatic carbocycles. The number of amides is 2. The molecule has 0 atom stereocenters. The molecular formula is C29H19N7O2S4. The largest absolute Gasteiger partial charge is 0.397 e. The van der Waals surface area contributed by atoms with Crippen LogP contribution in [0.4, 0.5) is 11.4 Å². The monoisotopic (exact) mass is 625 g/mol. The maximum absolute atomic E-state index is 12.1. The van der Waals surface area contributed by atoms with E-state index in [2.05, 4.69) is 0 Å². The van der Waals surface area contributed by atoms with Crippen LogP contribution in [0.25, 0.3) is 64.1 Å². The topological polar surface area (TPSA) is 177 Å². The third-order valence-corrected chi connectivity index (χ3v) is 10.7. The molecule has 7 aromatic heterocycles. The molecule has 13 heteroatoms.